The zero-order chi connectivity index (χ0) is 8.43. The first kappa shape index (κ1) is 8.06. The summed E-state index contributed by atoms with van der Waals surface area (Å²) in [4.78, 5) is 31.8. The van der Waals surface area contributed by atoms with Crippen molar-refractivity contribution in [2.75, 3.05) is 6.54 Å². The van der Waals surface area contributed by atoms with E-state index in [-0.39, 0.29) is 17.6 Å². The third-order valence-electron chi connectivity index (χ3n) is 0.999. The predicted molar refractivity (Wildman–Crippen MR) is 38.5 cm³/mol. The van der Waals surface area contributed by atoms with Crippen molar-refractivity contribution >= 4 is 29.0 Å². The Morgan fingerprint density at radius 3 is 2.64 bits per heavy atom. The van der Waals surface area contributed by atoms with Crippen molar-refractivity contribution in [3.05, 3.63) is 0 Å². The number of amides is 3. The smallest absolute Gasteiger partial charge is 0.286 e. The minimum Gasteiger partial charge on any atom is -0.286 e. The van der Waals surface area contributed by atoms with Gasteiger partial charge >= 0.3 is 6.03 Å². The van der Waals surface area contributed by atoms with E-state index in [1.165, 1.54) is 6.92 Å². The molecule has 0 aromatic carbocycles. The summed E-state index contributed by atoms with van der Waals surface area (Å²) in [7, 11) is 0. The second-order valence-electron chi connectivity index (χ2n) is 1.97. The highest BCUT2D eigenvalue weighted by Gasteiger charge is 2.28. The van der Waals surface area contributed by atoms with Crippen molar-refractivity contribution in [3.63, 3.8) is 0 Å². The Balaban J connectivity index is 2.53. The normalized spacial score (nSPS) is 17.0. The van der Waals surface area contributed by atoms with E-state index in [0.29, 0.717) is 0 Å². The van der Waals surface area contributed by atoms with Gasteiger partial charge in [-0.05, 0) is 0 Å². The summed E-state index contributed by atoms with van der Waals surface area (Å²) in [5.74, 6) is -0.372. The summed E-state index contributed by atoms with van der Waals surface area (Å²) in [5, 5.41) is 1.83. The average Bonchev–Trinajstić information content (AvgIpc) is 2.09. The molecule has 1 N–H and O–H groups in total. The van der Waals surface area contributed by atoms with Crippen LogP contribution in [0.15, 0.2) is 0 Å². The van der Waals surface area contributed by atoms with E-state index < -0.39 is 6.03 Å². The van der Waals surface area contributed by atoms with E-state index in [2.05, 4.69) is 0 Å². The van der Waals surface area contributed by atoms with Crippen LogP contribution in [0, 0.1) is 0 Å². The van der Waals surface area contributed by atoms with Crippen molar-refractivity contribution in [2.45, 2.75) is 6.92 Å². The molecule has 1 rings (SSSR count). The van der Waals surface area contributed by atoms with Gasteiger partial charge in [0.2, 0.25) is 11.0 Å². The molecule has 0 aromatic heterocycles. The molecule has 1 saturated heterocycles. The van der Waals surface area contributed by atoms with Crippen molar-refractivity contribution in [1.82, 2.24) is 9.62 Å². The molecule has 0 aromatic rings. The summed E-state index contributed by atoms with van der Waals surface area (Å²) >= 11 is 0.735. The molecule has 3 amide bonds. The van der Waals surface area contributed by atoms with Crippen molar-refractivity contribution in [2.24, 2.45) is 0 Å². The van der Waals surface area contributed by atoms with Crippen molar-refractivity contribution < 1.29 is 14.4 Å². The van der Waals surface area contributed by atoms with E-state index in [4.69, 9.17) is 0 Å². The zero-order valence-electron chi connectivity index (χ0n) is 5.79. The minimum absolute atomic E-state index is 0.0386. The maximum Gasteiger partial charge on any atom is 0.334 e. The van der Waals surface area contributed by atoms with Crippen LogP contribution < -0.4 is 5.32 Å². The molecule has 0 atom stereocenters. The molecule has 0 saturated carbocycles. The van der Waals surface area contributed by atoms with Crippen LogP contribution in [0.4, 0.5) is 4.79 Å². The highest BCUT2D eigenvalue weighted by Crippen LogP contribution is 2.13. The maximum absolute atomic E-state index is 10.7. The second-order valence-corrected chi connectivity index (χ2v) is 3.17. The first-order valence-electron chi connectivity index (χ1n) is 2.89. The Morgan fingerprint density at radius 2 is 2.27 bits per heavy atom. The number of carbonyl (C=O) groups is 3. The molecule has 5 nitrogen and oxygen atoms in total. The Bertz CT molecular complexity index is 228. The van der Waals surface area contributed by atoms with Gasteiger partial charge in [-0.15, -0.1) is 0 Å². The molecule has 0 bridgehead atoms. The zero-order valence-corrected chi connectivity index (χ0v) is 6.60. The summed E-state index contributed by atoms with van der Waals surface area (Å²) in [6.45, 7) is 1.30. The summed E-state index contributed by atoms with van der Waals surface area (Å²) in [5.41, 5.74) is 0. The topological polar surface area (TPSA) is 66.5 Å². The Kier molecular flexibility index (Phi) is 2.13. The molecule has 60 valence electrons. The number of rotatable bonds is 1. The average molecular weight is 174 g/mol. The lowest BCUT2D eigenvalue weighted by Gasteiger charge is -2.06. The molecular formula is C5H6N2O3S. The molecule has 0 spiro atoms. The molecule has 6 heteroatoms. The first-order chi connectivity index (χ1) is 5.09. The van der Waals surface area contributed by atoms with E-state index in [0.717, 1.165) is 16.3 Å². The van der Waals surface area contributed by atoms with Crippen LogP contribution in [0.3, 0.4) is 0 Å². The predicted octanol–water partition coefficient (Wildman–Crippen LogP) is -0.267. The SMILES string of the molecule is CC(=O)SN1CC(=O)NC1=O. The van der Waals surface area contributed by atoms with Crippen LogP contribution in [0.5, 0.6) is 0 Å². The molecule has 0 radical (unpaired) electrons. The quantitative estimate of drug-likeness (QED) is 0.439. The fourth-order valence-electron chi connectivity index (χ4n) is 0.652. The largest absolute Gasteiger partial charge is 0.334 e. The summed E-state index contributed by atoms with van der Waals surface area (Å²) in [6, 6.07) is -0.518. The number of hydrogen-bond donors (Lipinski definition) is 1. The minimum atomic E-state index is -0.518. The lowest BCUT2D eigenvalue weighted by atomic mass is 10.7. The van der Waals surface area contributed by atoms with Crippen molar-refractivity contribution in [1.29, 1.82) is 0 Å². The standard InChI is InChI=1S/C5H6N2O3S/c1-3(8)11-7-2-4(9)6-5(7)10/h2H2,1H3,(H,6,9,10). The number of carbonyl (C=O) groups excluding carboxylic acids is 3. The van der Waals surface area contributed by atoms with Crippen LogP contribution in [-0.4, -0.2) is 27.9 Å². The number of urea groups is 1. The van der Waals surface area contributed by atoms with E-state index in [9.17, 15) is 14.4 Å². The van der Waals surface area contributed by atoms with Gasteiger partial charge in [-0.3, -0.25) is 19.2 Å². The third kappa shape index (κ3) is 1.94. The van der Waals surface area contributed by atoms with Crippen LogP contribution >= 0.6 is 11.9 Å². The molecule has 1 aliphatic heterocycles. The molecular weight excluding hydrogens is 168 g/mol. The Labute approximate surface area is 67.2 Å². The molecule has 1 heterocycles. The Morgan fingerprint density at radius 1 is 1.64 bits per heavy atom. The number of nitrogens with zero attached hydrogens (tertiary/aromatic N) is 1. The summed E-state index contributed by atoms with van der Waals surface area (Å²) < 4.78 is 1.09. The van der Waals surface area contributed by atoms with Gasteiger partial charge in [0.15, 0.2) is 0 Å². The molecule has 1 aliphatic rings. The number of nitrogens with one attached hydrogen (secondary N) is 1. The Hall–Kier alpha value is -1.04. The van der Waals surface area contributed by atoms with Gasteiger partial charge < -0.3 is 0 Å². The monoisotopic (exact) mass is 174 g/mol. The van der Waals surface area contributed by atoms with Crippen LogP contribution in [0.1, 0.15) is 6.92 Å². The second kappa shape index (κ2) is 2.91. The highest BCUT2D eigenvalue weighted by atomic mass is 32.2. The fourth-order valence-corrected chi connectivity index (χ4v) is 1.27. The van der Waals surface area contributed by atoms with Gasteiger partial charge in [-0.2, -0.15) is 0 Å². The molecule has 11 heavy (non-hydrogen) atoms. The lowest BCUT2D eigenvalue weighted by molar-refractivity contribution is -0.118. The molecule has 0 unspecified atom stereocenters. The molecule has 1 fully saturated rings. The van der Waals surface area contributed by atoms with Crippen LogP contribution in [-0.2, 0) is 9.59 Å². The maximum atomic E-state index is 10.7. The van der Waals surface area contributed by atoms with Gasteiger partial charge in [0.05, 0.1) is 0 Å². The van der Waals surface area contributed by atoms with Gasteiger partial charge in [-0.25, -0.2) is 4.79 Å². The number of hydrogen-bond acceptors (Lipinski definition) is 4. The fraction of sp³-hybridized carbons (Fsp3) is 0.400. The first-order valence-corrected chi connectivity index (χ1v) is 3.67. The van der Waals surface area contributed by atoms with Gasteiger partial charge in [0.1, 0.15) is 6.54 Å². The van der Waals surface area contributed by atoms with Gasteiger partial charge in [-0.1, -0.05) is 0 Å². The van der Waals surface area contributed by atoms with E-state index >= 15 is 0 Å². The summed E-state index contributed by atoms with van der Waals surface area (Å²) in [6.07, 6.45) is 0. The van der Waals surface area contributed by atoms with Crippen molar-refractivity contribution in [3.8, 4) is 0 Å². The lowest BCUT2D eigenvalue weighted by Crippen LogP contribution is -2.23. The van der Waals surface area contributed by atoms with Gasteiger partial charge in [0.25, 0.3) is 0 Å². The van der Waals surface area contributed by atoms with E-state index in [1.807, 2.05) is 5.32 Å². The van der Waals surface area contributed by atoms with E-state index in [1.54, 1.807) is 0 Å². The highest BCUT2D eigenvalue weighted by molar-refractivity contribution is 8.12. The molecule has 0 aliphatic carbocycles. The van der Waals surface area contributed by atoms with Gasteiger partial charge in [0, 0.05) is 18.9 Å². The third-order valence-corrected chi connectivity index (χ3v) is 1.77. The van der Waals surface area contributed by atoms with Crippen LogP contribution in [0.2, 0.25) is 0 Å². The number of imide groups is 1. The van der Waals surface area contributed by atoms with Crippen LogP contribution in [0.25, 0.3) is 0 Å².